The molecular formula is C17H9ClF4N2O3S2. The fourth-order valence-corrected chi connectivity index (χ4v) is 4.98. The molecule has 0 bridgehead atoms. The third-order valence-electron chi connectivity index (χ3n) is 3.60. The molecule has 0 atom stereocenters. The van der Waals surface area contributed by atoms with Gasteiger partial charge in [0.1, 0.15) is 5.82 Å². The van der Waals surface area contributed by atoms with Crippen molar-refractivity contribution in [3.8, 4) is 0 Å². The lowest BCUT2D eigenvalue weighted by atomic mass is 10.2. The van der Waals surface area contributed by atoms with Gasteiger partial charge < -0.3 is 5.32 Å². The van der Waals surface area contributed by atoms with Crippen LogP contribution in [0.25, 0.3) is 0 Å². The zero-order valence-corrected chi connectivity index (χ0v) is 16.4. The van der Waals surface area contributed by atoms with Gasteiger partial charge in [0, 0.05) is 10.7 Å². The van der Waals surface area contributed by atoms with E-state index in [1.165, 1.54) is 24.3 Å². The highest BCUT2D eigenvalue weighted by molar-refractivity contribution is 7.93. The molecule has 0 spiro atoms. The number of aromatic nitrogens is 1. The van der Waals surface area contributed by atoms with Gasteiger partial charge in [-0.15, -0.1) is 11.3 Å². The molecule has 1 aromatic heterocycles. The number of rotatable bonds is 4. The third-order valence-corrected chi connectivity index (χ3v) is 6.99. The maximum atomic E-state index is 13.5. The highest BCUT2D eigenvalue weighted by Gasteiger charge is 2.32. The normalized spacial score (nSPS) is 12.0. The summed E-state index contributed by atoms with van der Waals surface area (Å²) in [6, 6.07) is 6.65. The highest BCUT2D eigenvalue weighted by atomic mass is 35.5. The number of halogens is 5. The lowest BCUT2D eigenvalue weighted by molar-refractivity contribution is -0.137. The summed E-state index contributed by atoms with van der Waals surface area (Å²) in [5.74, 6) is -2.32. The van der Waals surface area contributed by atoms with Crippen LogP contribution >= 0.6 is 22.9 Å². The molecule has 0 fully saturated rings. The lowest BCUT2D eigenvalue weighted by Crippen LogP contribution is -2.17. The van der Waals surface area contributed by atoms with Gasteiger partial charge in [-0.3, -0.25) is 4.79 Å². The lowest BCUT2D eigenvalue weighted by Gasteiger charge is -2.10. The smallest absolute Gasteiger partial charge is 0.320 e. The molecule has 1 N–H and O–H groups in total. The Hall–Kier alpha value is -2.50. The Morgan fingerprint density at radius 3 is 2.38 bits per heavy atom. The summed E-state index contributed by atoms with van der Waals surface area (Å²) in [6.07, 6.45) is -4.83. The molecule has 2 aromatic carbocycles. The number of nitrogens with one attached hydrogen (secondary N) is 1. The highest BCUT2D eigenvalue weighted by Crippen LogP contribution is 2.32. The minimum Gasteiger partial charge on any atom is -0.320 e. The number of amides is 1. The molecular weight excluding hydrogens is 456 g/mol. The van der Waals surface area contributed by atoms with Gasteiger partial charge in [-0.2, -0.15) is 13.2 Å². The van der Waals surface area contributed by atoms with Crippen molar-refractivity contribution in [2.75, 3.05) is 5.32 Å². The summed E-state index contributed by atoms with van der Waals surface area (Å²) >= 11 is 6.39. The average molecular weight is 465 g/mol. The van der Waals surface area contributed by atoms with Gasteiger partial charge in [0.15, 0.2) is 9.90 Å². The molecule has 5 nitrogen and oxygen atoms in total. The number of carbonyl (C=O) groups excluding carboxylic acids is 1. The van der Waals surface area contributed by atoms with Crippen molar-refractivity contribution in [1.29, 1.82) is 0 Å². The zero-order chi connectivity index (χ0) is 21.4. The fraction of sp³-hybridized carbons (Fsp3) is 0.0588. The predicted molar refractivity (Wildman–Crippen MR) is 98.4 cm³/mol. The van der Waals surface area contributed by atoms with E-state index in [2.05, 4.69) is 10.3 Å². The molecule has 152 valence electrons. The molecule has 3 aromatic rings. The molecule has 29 heavy (non-hydrogen) atoms. The zero-order valence-electron chi connectivity index (χ0n) is 14.0. The monoisotopic (exact) mass is 464 g/mol. The van der Waals surface area contributed by atoms with Crippen LogP contribution in [0.3, 0.4) is 0 Å². The van der Waals surface area contributed by atoms with Crippen LogP contribution < -0.4 is 5.32 Å². The van der Waals surface area contributed by atoms with Crippen molar-refractivity contribution >= 4 is 44.4 Å². The van der Waals surface area contributed by atoms with E-state index in [0.29, 0.717) is 28.5 Å². The summed E-state index contributed by atoms with van der Waals surface area (Å²) < 4.78 is 77.1. The SMILES string of the molecule is O=C(Nc1cc(F)cc(C(F)(F)F)c1)c1ncsc1S(=O)(=O)c1ccc(Cl)cc1. The van der Waals surface area contributed by atoms with Gasteiger partial charge in [-0.05, 0) is 42.5 Å². The van der Waals surface area contributed by atoms with E-state index in [1.807, 2.05) is 0 Å². The van der Waals surface area contributed by atoms with E-state index in [0.717, 1.165) is 5.51 Å². The van der Waals surface area contributed by atoms with Crippen LogP contribution in [-0.4, -0.2) is 19.3 Å². The Morgan fingerprint density at radius 1 is 1.10 bits per heavy atom. The maximum Gasteiger partial charge on any atom is 0.416 e. The first kappa shape index (κ1) is 21.2. The first-order chi connectivity index (χ1) is 13.5. The average Bonchev–Trinajstić information content (AvgIpc) is 3.11. The van der Waals surface area contributed by atoms with Crippen LogP contribution in [0.15, 0.2) is 57.1 Å². The van der Waals surface area contributed by atoms with E-state index in [9.17, 15) is 30.8 Å². The molecule has 0 saturated carbocycles. The van der Waals surface area contributed by atoms with Crippen LogP contribution in [0.4, 0.5) is 23.2 Å². The van der Waals surface area contributed by atoms with Crippen LogP contribution in [0.1, 0.15) is 16.1 Å². The number of sulfone groups is 1. The second kappa shape index (κ2) is 7.73. The van der Waals surface area contributed by atoms with Gasteiger partial charge in [0.05, 0.1) is 16.0 Å². The topological polar surface area (TPSA) is 76.1 Å². The van der Waals surface area contributed by atoms with Crippen molar-refractivity contribution in [3.05, 3.63) is 70.1 Å². The molecule has 0 aliphatic heterocycles. The van der Waals surface area contributed by atoms with Crippen molar-refractivity contribution in [3.63, 3.8) is 0 Å². The predicted octanol–water partition coefficient (Wildman–Crippen LogP) is 5.04. The third kappa shape index (κ3) is 4.57. The van der Waals surface area contributed by atoms with Gasteiger partial charge in [0.25, 0.3) is 5.91 Å². The van der Waals surface area contributed by atoms with Gasteiger partial charge >= 0.3 is 6.18 Å². The number of hydrogen-bond acceptors (Lipinski definition) is 5. The van der Waals surface area contributed by atoms with Crippen LogP contribution in [-0.2, 0) is 16.0 Å². The quantitative estimate of drug-likeness (QED) is 0.549. The minimum absolute atomic E-state index is 0.148. The summed E-state index contributed by atoms with van der Waals surface area (Å²) in [6.45, 7) is 0. The molecule has 0 unspecified atom stereocenters. The molecule has 12 heteroatoms. The first-order valence-electron chi connectivity index (χ1n) is 7.62. The minimum atomic E-state index is -4.83. The summed E-state index contributed by atoms with van der Waals surface area (Å²) in [7, 11) is -4.14. The number of anilines is 1. The Kier molecular flexibility index (Phi) is 5.65. The Bertz CT molecular complexity index is 1180. The maximum absolute atomic E-state index is 13.5. The molecule has 1 heterocycles. The Labute approximate surface area is 170 Å². The standard InChI is InChI=1S/C17H9ClF4N2O3S2/c18-10-1-3-13(4-2-10)29(26,27)16-14(23-8-28-16)15(25)24-12-6-9(17(20,21)22)5-11(19)7-12/h1-8H,(H,24,25). The first-order valence-corrected chi connectivity index (χ1v) is 10.4. The number of hydrogen-bond donors (Lipinski definition) is 1. The molecule has 0 saturated heterocycles. The largest absolute Gasteiger partial charge is 0.416 e. The van der Waals surface area contributed by atoms with E-state index in [-0.39, 0.29) is 11.0 Å². The van der Waals surface area contributed by atoms with Crippen molar-refractivity contribution in [2.24, 2.45) is 0 Å². The van der Waals surface area contributed by atoms with Gasteiger partial charge in [-0.1, -0.05) is 11.6 Å². The van der Waals surface area contributed by atoms with E-state index in [4.69, 9.17) is 11.6 Å². The summed E-state index contributed by atoms with van der Waals surface area (Å²) in [4.78, 5) is 16.0. The van der Waals surface area contributed by atoms with Gasteiger partial charge in [0.2, 0.25) is 9.84 Å². The molecule has 3 rings (SSSR count). The Balaban J connectivity index is 1.94. The summed E-state index contributed by atoms with van der Waals surface area (Å²) in [5, 5.41) is 2.35. The molecule has 0 aliphatic carbocycles. The second-order valence-corrected chi connectivity index (χ2v) is 9.06. The van der Waals surface area contributed by atoms with Gasteiger partial charge in [-0.25, -0.2) is 17.8 Å². The Morgan fingerprint density at radius 2 is 1.76 bits per heavy atom. The van der Waals surface area contributed by atoms with Crippen molar-refractivity contribution < 1.29 is 30.8 Å². The molecule has 0 aliphatic rings. The number of alkyl halides is 3. The molecule has 0 radical (unpaired) electrons. The summed E-state index contributed by atoms with van der Waals surface area (Å²) in [5.41, 5.74) is -1.22. The fourth-order valence-electron chi connectivity index (χ4n) is 2.31. The van der Waals surface area contributed by atoms with E-state index < -0.39 is 48.9 Å². The van der Waals surface area contributed by atoms with Crippen molar-refractivity contribution in [2.45, 2.75) is 15.3 Å². The number of benzene rings is 2. The van der Waals surface area contributed by atoms with Crippen LogP contribution in [0.2, 0.25) is 5.02 Å². The van der Waals surface area contributed by atoms with E-state index in [1.54, 1.807) is 0 Å². The second-order valence-electron chi connectivity index (χ2n) is 5.63. The number of thiazole rings is 1. The van der Waals surface area contributed by atoms with Crippen LogP contribution in [0.5, 0.6) is 0 Å². The van der Waals surface area contributed by atoms with Crippen molar-refractivity contribution in [1.82, 2.24) is 4.98 Å². The number of nitrogens with zero attached hydrogens (tertiary/aromatic N) is 1. The van der Waals surface area contributed by atoms with Crippen LogP contribution in [0, 0.1) is 5.82 Å². The number of carbonyl (C=O) groups is 1. The molecule has 1 amide bonds. The van der Waals surface area contributed by atoms with E-state index >= 15 is 0 Å².